The van der Waals surface area contributed by atoms with Crippen molar-refractivity contribution in [2.45, 2.75) is 52.1 Å². The first-order valence-corrected chi connectivity index (χ1v) is 5.14. The van der Waals surface area contributed by atoms with Crippen LogP contribution < -0.4 is 0 Å². The topological polar surface area (TPSA) is 58.9 Å². The molecule has 0 spiro atoms. The Kier molecular flexibility index (Phi) is 5.76. The van der Waals surface area contributed by atoms with Gasteiger partial charge in [-0.1, -0.05) is 13.8 Å². The van der Waals surface area contributed by atoms with E-state index in [1.165, 1.54) is 0 Å². The van der Waals surface area contributed by atoms with Gasteiger partial charge in [-0.15, -0.1) is 0 Å². The van der Waals surface area contributed by atoms with E-state index >= 15 is 0 Å². The molecule has 0 aromatic heterocycles. The Labute approximate surface area is 90.5 Å². The molecule has 0 amide bonds. The minimum atomic E-state index is -0.451. The Morgan fingerprint density at radius 1 is 1.27 bits per heavy atom. The Morgan fingerprint density at radius 3 is 2.27 bits per heavy atom. The van der Waals surface area contributed by atoms with Gasteiger partial charge in [0.1, 0.15) is 0 Å². The second-order valence-electron chi connectivity index (χ2n) is 4.28. The summed E-state index contributed by atoms with van der Waals surface area (Å²) in [5, 5.41) is 0. The highest BCUT2D eigenvalue weighted by Crippen LogP contribution is 2.26. The summed E-state index contributed by atoms with van der Waals surface area (Å²) in [6.45, 7) is 7.71. The molecule has 0 radical (unpaired) electrons. The van der Waals surface area contributed by atoms with Crippen molar-refractivity contribution in [1.82, 2.24) is 0 Å². The van der Waals surface area contributed by atoms with E-state index in [1.807, 2.05) is 27.7 Å². The summed E-state index contributed by atoms with van der Waals surface area (Å²) in [4.78, 5) is 27.9. The van der Waals surface area contributed by atoms with Crippen LogP contribution in [0.5, 0.6) is 0 Å². The summed E-state index contributed by atoms with van der Waals surface area (Å²) in [5.41, 5.74) is -0.451. The lowest BCUT2D eigenvalue weighted by molar-refractivity contribution is 0.305. The molecule has 0 aliphatic rings. The molecule has 0 rings (SSSR count). The van der Waals surface area contributed by atoms with Crippen LogP contribution in [0.15, 0.2) is 9.98 Å². The standard InChI is InChI=1S/C11H18N2O2/c1-5-10(12-7-14)6-9(2)11(3,4)13-8-15/h9-10H,5-6H2,1-4H3. The first-order chi connectivity index (χ1) is 6.97. The normalized spacial score (nSPS) is 14.7. The summed E-state index contributed by atoms with van der Waals surface area (Å²) < 4.78 is 0. The Hall–Kier alpha value is -1.24. The summed E-state index contributed by atoms with van der Waals surface area (Å²) in [6, 6.07) is -0.0290. The molecule has 2 atom stereocenters. The molecule has 0 saturated heterocycles. The summed E-state index contributed by atoms with van der Waals surface area (Å²) in [6.07, 6.45) is 4.67. The average molecular weight is 210 g/mol. The van der Waals surface area contributed by atoms with Crippen LogP contribution in [0.25, 0.3) is 0 Å². The maximum absolute atomic E-state index is 10.2. The van der Waals surface area contributed by atoms with E-state index in [0.29, 0.717) is 0 Å². The quantitative estimate of drug-likeness (QED) is 0.498. The van der Waals surface area contributed by atoms with E-state index in [0.717, 1.165) is 12.8 Å². The molecular weight excluding hydrogens is 192 g/mol. The lowest BCUT2D eigenvalue weighted by Crippen LogP contribution is -2.29. The maximum atomic E-state index is 10.2. The third kappa shape index (κ3) is 4.68. The van der Waals surface area contributed by atoms with E-state index in [1.54, 1.807) is 12.2 Å². The van der Waals surface area contributed by atoms with Crippen LogP contribution in [0.3, 0.4) is 0 Å². The van der Waals surface area contributed by atoms with Gasteiger partial charge in [-0.3, -0.25) is 0 Å². The highest BCUT2D eigenvalue weighted by molar-refractivity contribution is 5.35. The molecule has 0 aliphatic carbocycles. The van der Waals surface area contributed by atoms with Gasteiger partial charge in [0, 0.05) is 0 Å². The lowest BCUT2D eigenvalue weighted by Gasteiger charge is -2.27. The molecule has 0 fully saturated rings. The fourth-order valence-corrected chi connectivity index (χ4v) is 1.31. The minimum Gasteiger partial charge on any atom is -0.211 e. The third-order valence-corrected chi connectivity index (χ3v) is 2.87. The smallest absolute Gasteiger partial charge is 0.211 e. The molecule has 0 aromatic rings. The van der Waals surface area contributed by atoms with Gasteiger partial charge >= 0.3 is 0 Å². The lowest BCUT2D eigenvalue weighted by atomic mass is 9.84. The van der Waals surface area contributed by atoms with E-state index < -0.39 is 5.54 Å². The predicted molar refractivity (Wildman–Crippen MR) is 58.2 cm³/mol. The van der Waals surface area contributed by atoms with Crippen LogP contribution in [0.1, 0.15) is 40.5 Å². The molecule has 15 heavy (non-hydrogen) atoms. The molecule has 84 valence electrons. The van der Waals surface area contributed by atoms with Crippen molar-refractivity contribution in [3.8, 4) is 0 Å². The molecule has 0 N–H and O–H groups in total. The highest BCUT2D eigenvalue weighted by Gasteiger charge is 2.27. The molecule has 0 aliphatic heterocycles. The first-order valence-electron chi connectivity index (χ1n) is 5.14. The van der Waals surface area contributed by atoms with Gasteiger partial charge in [0.05, 0.1) is 11.6 Å². The number of aliphatic imine (C=N–C) groups is 2. The summed E-state index contributed by atoms with van der Waals surface area (Å²) in [5.74, 6) is 0.168. The molecule has 4 heteroatoms. The average Bonchev–Trinajstić information content (AvgIpc) is 2.16. The van der Waals surface area contributed by atoms with E-state index in [-0.39, 0.29) is 12.0 Å². The van der Waals surface area contributed by atoms with Crippen molar-refractivity contribution < 1.29 is 9.59 Å². The van der Waals surface area contributed by atoms with Gasteiger partial charge in [0.2, 0.25) is 12.2 Å². The largest absolute Gasteiger partial charge is 0.235 e. The Bertz CT molecular complexity index is 287. The van der Waals surface area contributed by atoms with Crippen molar-refractivity contribution >= 4 is 12.2 Å². The van der Waals surface area contributed by atoms with Crippen LogP contribution in [0.4, 0.5) is 0 Å². The Balaban J connectivity index is 4.51. The highest BCUT2D eigenvalue weighted by atomic mass is 16.1. The second kappa shape index (κ2) is 6.28. The fourth-order valence-electron chi connectivity index (χ4n) is 1.31. The van der Waals surface area contributed by atoms with E-state index in [4.69, 9.17) is 0 Å². The van der Waals surface area contributed by atoms with Crippen LogP contribution in [0, 0.1) is 5.92 Å². The SMILES string of the molecule is CCC(CC(C)C(C)(C)N=C=O)N=C=O. The number of hydrogen-bond acceptors (Lipinski definition) is 4. The number of nitrogens with zero attached hydrogens (tertiary/aromatic N) is 2. The fraction of sp³-hybridized carbons (Fsp3) is 0.818. The zero-order valence-electron chi connectivity index (χ0n) is 9.78. The van der Waals surface area contributed by atoms with Crippen molar-refractivity contribution in [3.63, 3.8) is 0 Å². The monoisotopic (exact) mass is 210 g/mol. The van der Waals surface area contributed by atoms with Crippen molar-refractivity contribution in [2.24, 2.45) is 15.9 Å². The molecule has 2 unspecified atom stereocenters. The molecular formula is C11H18N2O2. The maximum Gasteiger partial charge on any atom is 0.235 e. The van der Waals surface area contributed by atoms with Crippen LogP contribution >= 0.6 is 0 Å². The molecule has 0 bridgehead atoms. The van der Waals surface area contributed by atoms with Gasteiger partial charge in [-0.05, 0) is 32.6 Å². The number of rotatable bonds is 6. The zero-order chi connectivity index (χ0) is 11.9. The van der Waals surface area contributed by atoms with Gasteiger partial charge in [0.25, 0.3) is 0 Å². The molecule has 4 nitrogen and oxygen atoms in total. The second-order valence-corrected chi connectivity index (χ2v) is 4.28. The number of isocyanates is 2. The van der Waals surface area contributed by atoms with Crippen molar-refractivity contribution in [3.05, 3.63) is 0 Å². The number of hydrogen-bond donors (Lipinski definition) is 0. The molecule has 0 aromatic carbocycles. The summed E-state index contributed by atoms with van der Waals surface area (Å²) >= 11 is 0. The first kappa shape index (κ1) is 13.8. The van der Waals surface area contributed by atoms with Gasteiger partial charge in [-0.25, -0.2) is 14.6 Å². The van der Waals surface area contributed by atoms with E-state index in [2.05, 4.69) is 9.98 Å². The van der Waals surface area contributed by atoms with Crippen LogP contribution in [-0.2, 0) is 9.59 Å². The van der Waals surface area contributed by atoms with Crippen LogP contribution in [-0.4, -0.2) is 23.7 Å². The minimum absolute atomic E-state index is 0.0290. The van der Waals surface area contributed by atoms with Crippen molar-refractivity contribution in [1.29, 1.82) is 0 Å². The van der Waals surface area contributed by atoms with Gasteiger partial charge < -0.3 is 0 Å². The van der Waals surface area contributed by atoms with Crippen LogP contribution in [0.2, 0.25) is 0 Å². The predicted octanol–water partition coefficient (Wildman–Crippen LogP) is 2.24. The number of carbonyl (C=O) groups excluding carboxylic acids is 2. The third-order valence-electron chi connectivity index (χ3n) is 2.87. The van der Waals surface area contributed by atoms with Gasteiger partial charge in [0.15, 0.2) is 0 Å². The van der Waals surface area contributed by atoms with E-state index in [9.17, 15) is 9.59 Å². The Morgan fingerprint density at radius 2 is 1.87 bits per heavy atom. The summed E-state index contributed by atoms with van der Waals surface area (Å²) in [7, 11) is 0. The zero-order valence-corrected chi connectivity index (χ0v) is 9.78. The molecule has 0 saturated carbocycles. The molecule has 0 heterocycles. The van der Waals surface area contributed by atoms with Gasteiger partial charge in [-0.2, -0.15) is 4.99 Å². The van der Waals surface area contributed by atoms with Crippen molar-refractivity contribution in [2.75, 3.05) is 0 Å².